The summed E-state index contributed by atoms with van der Waals surface area (Å²) >= 11 is 0. The Hall–Kier alpha value is -1.39. The van der Waals surface area contributed by atoms with Crippen LogP contribution in [-0.2, 0) is 16.6 Å². The number of piperidine rings is 1. The molecule has 2 heterocycles. The topological polar surface area (TPSA) is 49.8 Å². The fourth-order valence-corrected chi connectivity index (χ4v) is 6.75. The number of hydrogen-bond donors (Lipinski definition) is 1. The molecule has 3 fully saturated rings. The molecule has 0 unspecified atom stereocenters. The van der Waals surface area contributed by atoms with Crippen molar-refractivity contribution in [2.45, 2.75) is 81.5 Å². The van der Waals surface area contributed by atoms with Crippen LogP contribution >= 0.6 is 0 Å². The van der Waals surface area contributed by atoms with Gasteiger partial charge in [0.05, 0.1) is 11.0 Å². The number of Topliss-reactive ketones (excluding diaryl/α,β-unsaturated/α-hetero) is 1. The van der Waals surface area contributed by atoms with Crippen LogP contribution in [0, 0.1) is 5.92 Å². The van der Waals surface area contributed by atoms with Crippen LogP contribution in [0.3, 0.4) is 0 Å². The second kappa shape index (κ2) is 5.15. The van der Waals surface area contributed by atoms with Crippen LogP contribution in [-0.4, -0.2) is 46.6 Å². The number of benzene rings is 1. The zero-order valence-electron chi connectivity index (χ0n) is 16.3. The van der Waals surface area contributed by atoms with Crippen molar-refractivity contribution in [3.8, 4) is 5.75 Å². The van der Waals surface area contributed by atoms with Crippen LogP contribution < -0.4 is 4.74 Å². The van der Waals surface area contributed by atoms with Crippen molar-refractivity contribution in [1.29, 1.82) is 0 Å². The number of hydrogen-bond acceptors (Lipinski definition) is 4. The average molecular weight is 367 g/mol. The summed E-state index contributed by atoms with van der Waals surface area (Å²) in [6.45, 7) is 6.44. The van der Waals surface area contributed by atoms with Crippen LogP contribution in [0.2, 0.25) is 0 Å². The minimum atomic E-state index is -0.841. The molecule has 0 radical (unpaired) electrons. The van der Waals surface area contributed by atoms with Gasteiger partial charge < -0.3 is 9.84 Å². The molecule has 27 heavy (non-hydrogen) atoms. The first kappa shape index (κ1) is 16.6. The van der Waals surface area contributed by atoms with Gasteiger partial charge in [-0.25, -0.2) is 0 Å². The van der Waals surface area contributed by atoms with Crippen LogP contribution in [0.1, 0.15) is 68.6 Å². The normalized spacial score (nSPS) is 39.5. The van der Waals surface area contributed by atoms with Crippen molar-refractivity contribution < 1.29 is 14.6 Å². The van der Waals surface area contributed by atoms with Crippen molar-refractivity contribution in [3.63, 3.8) is 0 Å². The minimum Gasteiger partial charge on any atom is -0.481 e. The summed E-state index contributed by atoms with van der Waals surface area (Å²) in [5.41, 5.74) is 2.32. The van der Waals surface area contributed by atoms with Crippen molar-refractivity contribution in [3.05, 3.63) is 28.8 Å². The third-order valence-electron chi connectivity index (χ3n) is 8.23. The molecule has 6 rings (SSSR count). The fourth-order valence-electron chi connectivity index (χ4n) is 6.75. The van der Waals surface area contributed by atoms with Crippen molar-refractivity contribution in [2.75, 3.05) is 13.1 Å². The Labute approximate surface area is 160 Å². The molecule has 0 aromatic heterocycles. The highest BCUT2D eigenvalue weighted by Gasteiger charge is 2.73. The van der Waals surface area contributed by atoms with Crippen LogP contribution in [0.25, 0.3) is 0 Å². The first-order valence-electron chi connectivity index (χ1n) is 10.8. The van der Waals surface area contributed by atoms with Crippen LogP contribution in [0.5, 0.6) is 5.75 Å². The van der Waals surface area contributed by atoms with Gasteiger partial charge in [-0.2, -0.15) is 0 Å². The van der Waals surface area contributed by atoms with Crippen LogP contribution in [0.4, 0.5) is 0 Å². The van der Waals surface area contributed by atoms with E-state index in [0.29, 0.717) is 18.8 Å². The summed E-state index contributed by atoms with van der Waals surface area (Å²) in [5, 5.41) is 12.2. The number of rotatable bonds is 3. The van der Waals surface area contributed by atoms with E-state index in [0.717, 1.165) is 37.6 Å². The zero-order valence-corrected chi connectivity index (χ0v) is 16.3. The minimum absolute atomic E-state index is 0.120. The van der Waals surface area contributed by atoms with Gasteiger partial charge in [-0.05, 0) is 61.6 Å². The number of carbonyl (C=O) groups excluding carboxylic acids is 1. The van der Waals surface area contributed by atoms with Gasteiger partial charge in [-0.1, -0.05) is 26.0 Å². The largest absolute Gasteiger partial charge is 0.481 e. The van der Waals surface area contributed by atoms with E-state index in [4.69, 9.17) is 4.74 Å². The molecule has 1 aromatic rings. The Morgan fingerprint density at radius 2 is 2.11 bits per heavy atom. The fraction of sp³-hybridized carbons (Fsp3) is 0.696. The summed E-state index contributed by atoms with van der Waals surface area (Å²) in [6.07, 6.45) is 4.92. The molecule has 1 spiro atoms. The molecule has 2 bridgehead atoms. The molecule has 5 aliphatic rings. The smallest absolute Gasteiger partial charge is 0.174 e. The van der Waals surface area contributed by atoms with E-state index in [9.17, 15) is 9.90 Å². The predicted octanol–water partition coefficient (Wildman–Crippen LogP) is 2.94. The highest BCUT2D eigenvalue weighted by Crippen LogP contribution is 2.64. The average Bonchev–Trinajstić information content (AvgIpc) is 3.37. The second-order valence-electron chi connectivity index (χ2n) is 9.94. The molecule has 0 amide bonds. The second-order valence-corrected chi connectivity index (χ2v) is 9.94. The monoisotopic (exact) mass is 367 g/mol. The van der Waals surface area contributed by atoms with Gasteiger partial charge in [-0.15, -0.1) is 0 Å². The predicted molar refractivity (Wildman–Crippen MR) is 102 cm³/mol. The molecule has 144 valence electrons. The van der Waals surface area contributed by atoms with Crippen molar-refractivity contribution in [1.82, 2.24) is 4.90 Å². The van der Waals surface area contributed by atoms with Gasteiger partial charge in [0.15, 0.2) is 11.9 Å². The third-order valence-corrected chi connectivity index (χ3v) is 8.23. The Kier molecular flexibility index (Phi) is 3.16. The molecule has 2 saturated carbocycles. The molecule has 2 aliphatic heterocycles. The van der Waals surface area contributed by atoms with E-state index in [2.05, 4.69) is 30.9 Å². The first-order chi connectivity index (χ1) is 13.0. The van der Waals surface area contributed by atoms with Crippen LogP contribution in [0.15, 0.2) is 12.1 Å². The molecule has 1 N–H and O–H groups in total. The van der Waals surface area contributed by atoms with E-state index in [-0.39, 0.29) is 11.8 Å². The van der Waals surface area contributed by atoms with Gasteiger partial charge >= 0.3 is 0 Å². The zero-order chi connectivity index (χ0) is 18.6. The highest BCUT2D eigenvalue weighted by molar-refractivity contribution is 5.89. The maximum absolute atomic E-state index is 13.0. The van der Waals surface area contributed by atoms with E-state index >= 15 is 0 Å². The molecular weight excluding hydrogens is 338 g/mol. The Bertz CT molecular complexity index is 844. The molecule has 1 aromatic carbocycles. The molecule has 4 atom stereocenters. The number of ether oxygens (including phenoxy) is 1. The van der Waals surface area contributed by atoms with E-state index in [1.807, 2.05) is 0 Å². The highest BCUT2D eigenvalue weighted by atomic mass is 16.5. The molecule has 4 nitrogen and oxygen atoms in total. The lowest BCUT2D eigenvalue weighted by molar-refractivity contribution is -0.188. The van der Waals surface area contributed by atoms with E-state index < -0.39 is 17.1 Å². The number of likely N-dealkylation sites (tertiary alicyclic amines) is 1. The Morgan fingerprint density at radius 1 is 1.30 bits per heavy atom. The first-order valence-corrected chi connectivity index (χ1v) is 10.8. The molecule has 4 heteroatoms. The van der Waals surface area contributed by atoms with Gasteiger partial charge in [0.2, 0.25) is 0 Å². The van der Waals surface area contributed by atoms with Crippen molar-refractivity contribution >= 4 is 5.78 Å². The lowest BCUT2D eigenvalue weighted by Gasteiger charge is -2.62. The van der Waals surface area contributed by atoms with Gasteiger partial charge in [0.25, 0.3) is 0 Å². The summed E-state index contributed by atoms with van der Waals surface area (Å²) in [4.78, 5) is 15.5. The maximum atomic E-state index is 13.0. The standard InChI is InChI=1S/C23H29NO3/c1-13(2)16-6-5-15-11-18-23(26)8-7-17(25)21-22(23,19(15)20(16)27-21)9-10-24(18)12-14-3-4-14/h5-6,13-14,18,21,26H,3-4,7-12H2,1-2H3/t18-,21+,22+,23-/m1/s1. The lowest BCUT2D eigenvalue weighted by Crippen LogP contribution is -2.76. The molecule has 1 saturated heterocycles. The number of nitrogens with zero attached hydrogens (tertiary/aromatic N) is 1. The molecule has 3 aliphatic carbocycles. The van der Waals surface area contributed by atoms with Crippen molar-refractivity contribution in [2.24, 2.45) is 5.92 Å². The van der Waals surface area contributed by atoms with Gasteiger partial charge in [-0.3, -0.25) is 9.69 Å². The summed E-state index contributed by atoms with van der Waals surface area (Å²) in [5.74, 6) is 2.27. The maximum Gasteiger partial charge on any atom is 0.174 e. The quantitative estimate of drug-likeness (QED) is 0.892. The Balaban J connectivity index is 1.57. The summed E-state index contributed by atoms with van der Waals surface area (Å²) in [6, 6.07) is 4.57. The molecular formula is C23H29NO3. The van der Waals surface area contributed by atoms with E-state index in [1.165, 1.54) is 29.5 Å². The lowest BCUT2D eigenvalue weighted by atomic mass is 9.49. The third kappa shape index (κ3) is 1.89. The number of aliphatic hydroxyl groups is 1. The number of carbonyl (C=O) groups is 1. The number of ketones is 1. The Morgan fingerprint density at radius 3 is 2.85 bits per heavy atom. The van der Waals surface area contributed by atoms with Gasteiger partial charge in [0.1, 0.15) is 5.75 Å². The van der Waals surface area contributed by atoms with E-state index in [1.54, 1.807) is 0 Å². The summed E-state index contributed by atoms with van der Waals surface area (Å²) in [7, 11) is 0. The SMILES string of the molecule is CC(C)c1ccc2c3c1O[C@H]1C(=O)CC[C@@]4(O)[C@@H](C2)N(CC2CC2)CC[C@]314. The summed E-state index contributed by atoms with van der Waals surface area (Å²) < 4.78 is 6.45. The van der Waals surface area contributed by atoms with Gasteiger partial charge in [0, 0.05) is 24.6 Å².